The number of halogens is 1. The van der Waals surface area contributed by atoms with Crippen molar-refractivity contribution < 1.29 is 4.79 Å². The lowest BCUT2D eigenvalue weighted by Crippen LogP contribution is -2.22. The van der Waals surface area contributed by atoms with E-state index in [9.17, 15) is 4.79 Å². The molecule has 2 heterocycles. The SMILES string of the molecule is Nc1nn(C2CCNC2=O)cc1Br. The molecule has 1 aliphatic heterocycles. The van der Waals surface area contributed by atoms with Crippen molar-refractivity contribution in [2.45, 2.75) is 12.5 Å². The second-order valence-electron chi connectivity index (χ2n) is 2.94. The van der Waals surface area contributed by atoms with Gasteiger partial charge < -0.3 is 11.1 Å². The highest BCUT2D eigenvalue weighted by Crippen LogP contribution is 2.22. The Hall–Kier alpha value is -1.04. The minimum absolute atomic E-state index is 0.00926. The maximum atomic E-state index is 11.3. The monoisotopic (exact) mass is 244 g/mol. The number of carbonyl (C=O) groups is 1. The first-order chi connectivity index (χ1) is 6.18. The molecule has 3 N–H and O–H groups in total. The van der Waals surface area contributed by atoms with Crippen LogP contribution in [0.3, 0.4) is 0 Å². The molecule has 2 rings (SSSR count). The number of nitrogen functional groups attached to an aromatic ring is 1. The van der Waals surface area contributed by atoms with Crippen molar-refractivity contribution in [3.05, 3.63) is 10.7 Å². The van der Waals surface area contributed by atoms with Crippen molar-refractivity contribution in [2.75, 3.05) is 12.3 Å². The zero-order chi connectivity index (χ0) is 9.42. The van der Waals surface area contributed by atoms with Gasteiger partial charge in [0, 0.05) is 12.7 Å². The molecule has 13 heavy (non-hydrogen) atoms. The Balaban J connectivity index is 2.29. The maximum absolute atomic E-state index is 11.3. The highest BCUT2D eigenvalue weighted by atomic mass is 79.9. The fourth-order valence-electron chi connectivity index (χ4n) is 1.38. The average Bonchev–Trinajstić information content (AvgIpc) is 2.60. The van der Waals surface area contributed by atoms with Gasteiger partial charge in [-0.3, -0.25) is 9.48 Å². The smallest absolute Gasteiger partial charge is 0.244 e. The largest absolute Gasteiger partial charge is 0.381 e. The van der Waals surface area contributed by atoms with Crippen LogP contribution in [0.4, 0.5) is 5.82 Å². The van der Waals surface area contributed by atoms with Crippen LogP contribution in [-0.4, -0.2) is 22.2 Å². The number of nitrogens with two attached hydrogens (primary N) is 1. The molecule has 1 unspecified atom stereocenters. The molecule has 1 fully saturated rings. The van der Waals surface area contributed by atoms with Crippen molar-refractivity contribution >= 4 is 27.7 Å². The summed E-state index contributed by atoms with van der Waals surface area (Å²) in [6, 6.07) is -0.200. The number of carbonyl (C=O) groups excluding carboxylic acids is 1. The van der Waals surface area contributed by atoms with E-state index in [1.54, 1.807) is 10.9 Å². The van der Waals surface area contributed by atoms with Crippen LogP contribution in [0.25, 0.3) is 0 Å². The van der Waals surface area contributed by atoms with Gasteiger partial charge in [-0.15, -0.1) is 0 Å². The summed E-state index contributed by atoms with van der Waals surface area (Å²) in [5.41, 5.74) is 5.54. The lowest BCUT2D eigenvalue weighted by Gasteiger charge is -2.05. The van der Waals surface area contributed by atoms with E-state index in [1.807, 2.05) is 0 Å². The average molecular weight is 245 g/mol. The van der Waals surface area contributed by atoms with Crippen molar-refractivity contribution in [3.8, 4) is 0 Å². The van der Waals surface area contributed by atoms with Gasteiger partial charge in [0.2, 0.25) is 5.91 Å². The molecule has 0 bridgehead atoms. The van der Waals surface area contributed by atoms with E-state index in [2.05, 4.69) is 26.3 Å². The first-order valence-corrected chi connectivity index (χ1v) is 4.75. The summed E-state index contributed by atoms with van der Waals surface area (Å²) < 4.78 is 2.33. The molecule has 1 aliphatic rings. The van der Waals surface area contributed by atoms with E-state index in [0.717, 1.165) is 10.9 Å². The topological polar surface area (TPSA) is 72.9 Å². The van der Waals surface area contributed by atoms with Crippen LogP contribution in [0, 0.1) is 0 Å². The Morgan fingerprint density at radius 1 is 1.77 bits per heavy atom. The summed E-state index contributed by atoms with van der Waals surface area (Å²) in [4.78, 5) is 11.3. The van der Waals surface area contributed by atoms with Crippen LogP contribution < -0.4 is 11.1 Å². The van der Waals surface area contributed by atoms with Gasteiger partial charge in [0.25, 0.3) is 0 Å². The molecule has 6 heteroatoms. The van der Waals surface area contributed by atoms with Crippen LogP contribution in [0.1, 0.15) is 12.5 Å². The Morgan fingerprint density at radius 3 is 3.00 bits per heavy atom. The molecule has 0 saturated carbocycles. The summed E-state index contributed by atoms with van der Waals surface area (Å²) in [7, 11) is 0. The van der Waals surface area contributed by atoms with E-state index in [1.165, 1.54) is 0 Å². The van der Waals surface area contributed by atoms with Gasteiger partial charge in [-0.2, -0.15) is 5.10 Å². The fourth-order valence-corrected chi connectivity index (χ4v) is 1.67. The van der Waals surface area contributed by atoms with Crippen LogP contribution >= 0.6 is 15.9 Å². The number of nitrogens with one attached hydrogen (secondary N) is 1. The summed E-state index contributed by atoms with van der Waals surface area (Å²) >= 11 is 3.24. The highest BCUT2D eigenvalue weighted by Gasteiger charge is 2.26. The molecule has 0 spiro atoms. The number of anilines is 1. The van der Waals surface area contributed by atoms with Gasteiger partial charge in [0.15, 0.2) is 5.82 Å². The third-order valence-electron chi connectivity index (χ3n) is 2.05. The van der Waals surface area contributed by atoms with E-state index in [-0.39, 0.29) is 11.9 Å². The number of hydrogen-bond acceptors (Lipinski definition) is 3. The molecule has 0 aliphatic carbocycles. The minimum atomic E-state index is -0.200. The second-order valence-corrected chi connectivity index (χ2v) is 3.79. The zero-order valence-corrected chi connectivity index (χ0v) is 8.41. The molecule has 1 saturated heterocycles. The molecular weight excluding hydrogens is 236 g/mol. The summed E-state index contributed by atoms with van der Waals surface area (Å²) in [5.74, 6) is 0.426. The molecule has 1 amide bonds. The quantitative estimate of drug-likeness (QED) is 0.746. The molecule has 0 aromatic carbocycles. The number of hydrogen-bond donors (Lipinski definition) is 2. The van der Waals surface area contributed by atoms with E-state index in [4.69, 9.17) is 5.73 Å². The van der Waals surface area contributed by atoms with Crippen LogP contribution in [-0.2, 0) is 4.79 Å². The van der Waals surface area contributed by atoms with Crippen molar-refractivity contribution in [2.24, 2.45) is 0 Å². The lowest BCUT2D eigenvalue weighted by atomic mass is 10.2. The number of rotatable bonds is 1. The zero-order valence-electron chi connectivity index (χ0n) is 6.83. The van der Waals surface area contributed by atoms with Crippen LogP contribution in [0.2, 0.25) is 0 Å². The van der Waals surface area contributed by atoms with Gasteiger partial charge in [-0.25, -0.2) is 0 Å². The standard InChI is InChI=1S/C7H9BrN4O/c8-4-3-12(11-6(4)9)5-1-2-10-7(5)13/h3,5H,1-2H2,(H2,9,11)(H,10,13). The number of nitrogens with zero attached hydrogens (tertiary/aromatic N) is 2. The molecule has 1 atom stereocenters. The predicted octanol–water partition coefficient (Wildman–Crippen LogP) is 0.289. The number of amides is 1. The second kappa shape index (κ2) is 3.02. The molecule has 1 aromatic rings. The van der Waals surface area contributed by atoms with Crippen LogP contribution in [0.15, 0.2) is 10.7 Å². The third-order valence-corrected chi connectivity index (χ3v) is 2.66. The van der Waals surface area contributed by atoms with E-state index >= 15 is 0 Å². The summed E-state index contributed by atoms with van der Waals surface area (Å²) in [6.45, 7) is 0.709. The van der Waals surface area contributed by atoms with Gasteiger partial charge >= 0.3 is 0 Å². The Bertz CT molecular complexity index is 329. The highest BCUT2D eigenvalue weighted by molar-refractivity contribution is 9.10. The van der Waals surface area contributed by atoms with E-state index < -0.39 is 0 Å². The van der Waals surface area contributed by atoms with Gasteiger partial charge in [-0.1, -0.05) is 0 Å². The predicted molar refractivity (Wildman–Crippen MR) is 51.0 cm³/mol. The minimum Gasteiger partial charge on any atom is -0.381 e. The number of aromatic nitrogens is 2. The van der Waals surface area contributed by atoms with E-state index in [0.29, 0.717) is 12.4 Å². The molecule has 1 aromatic heterocycles. The Morgan fingerprint density at radius 2 is 2.54 bits per heavy atom. The Labute approximate surface area is 83.4 Å². The third kappa shape index (κ3) is 1.41. The van der Waals surface area contributed by atoms with Crippen molar-refractivity contribution in [3.63, 3.8) is 0 Å². The van der Waals surface area contributed by atoms with Crippen molar-refractivity contribution in [1.82, 2.24) is 15.1 Å². The van der Waals surface area contributed by atoms with Gasteiger partial charge in [0.1, 0.15) is 6.04 Å². The van der Waals surface area contributed by atoms with Crippen LogP contribution in [0.5, 0.6) is 0 Å². The van der Waals surface area contributed by atoms with Gasteiger partial charge in [0.05, 0.1) is 4.47 Å². The first kappa shape index (κ1) is 8.55. The molecule has 70 valence electrons. The Kier molecular flexibility index (Phi) is 1.99. The fraction of sp³-hybridized carbons (Fsp3) is 0.429. The first-order valence-electron chi connectivity index (χ1n) is 3.96. The molecular formula is C7H9BrN4O. The normalized spacial score (nSPS) is 21.9. The molecule has 0 radical (unpaired) electrons. The van der Waals surface area contributed by atoms with Gasteiger partial charge in [-0.05, 0) is 22.4 Å². The summed E-state index contributed by atoms with van der Waals surface area (Å²) in [6.07, 6.45) is 2.50. The maximum Gasteiger partial charge on any atom is 0.244 e. The lowest BCUT2D eigenvalue weighted by molar-refractivity contribution is -0.122. The molecule has 5 nitrogen and oxygen atoms in total. The van der Waals surface area contributed by atoms with Crippen molar-refractivity contribution in [1.29, 1.82) is 0 Å². The summed E-state index contributed by atoms with van der Waals surface area (Å²) in [5, 5.41) is 6.77.